The van der Waals surface area contributed by atoms with Crippen LogP contribution in [-0.4, -0.2) is 170 Å². The van der Waals surface area contributed by atoms with Crippen LogP contribution >= 0.6 is 0 Å². The minimum Gasteiger partial charge on any atom is -0.870 e. The summed E-state index contributed by atoms with van der Waals surface area (Å²) >= 11 is 0. The van der Waals surface area contributed by atoms with Crippen molar-refractivity contribution in [1.29, 1.82) is 0 Å². The first-order valence-corrected chi connectivity index (χ1v) is 37.5. The summed E-state index contributed by atoms with van der Waals surface area (Å²) in [4.78, 5) is 102. The molecule has 0 aliphatic heterocycles. The van der Waals surface area contributed by atoms with Crippen LogP contribution in [0.25, 0.3) is 0 Å². The Morgan fingerprint density at radius 3 is 0.915 bits per heavy atom. The van der Waals surface area contributed by atoms with Crippen LogP contribution in [0.1, 0.15) is 184 Å². The SMILES string of the molecule is C=CC(=O)OCCCCCCOc1ccc(C(=O)O)cc1.C=CC(=O)OCCCCCCOc1ccc(C(=O)Oc2ccc(OC(=O)c3ccc(OCOC(=O)C=C)cc3)cc2C)cc1.CCOC(=O)c1ccc(O)cc1.CCOC(=O)c1ccc(OCCCCCCO)cc1.CO.O=C(O)c1ccc(OCCCCCCO)cc1.[K+].[OH-]. The molecule has 0 aromatic heterocycles. The van der Waals surface area contributed by atoms with E-state index in [9.17, 15) is 43.2 Å². The third-order valence-corrected chi connectivity index (χ3v) is 15.4. The molecule has 7 rings (SSSR count). The van der Waals surface area contributed by atoms with Crippen molar-refractivity contribution < 1.29 is 187 Å². The molecular formula is C88H109KO28. The van der Waals surface area contributed by atoms with E-state index in [1.54, 1.807) is 118 Å². The van der Waals surface area contributed by atoms with Gasteiger partial charge in [-0.1, -0.05) is 32.6 Å². The van der Waals surface area contributed by atoms with E-state index in [1.807, 2.05) is 0 Å². The van der Waals surface area contributed by atoms with Crippen LogP contribution in [0.2, 0.25) is 0 Å². The van der Waals surface area contributed by atoms with Crippen molar-refractivity contribution in [3.63, 3.8) is 0 Å². The van der Waals surface area contributed by atoms with E-state index >= 15 is 0 Å². The Morgan fingerprint density at radius 1 is 0.333 bits per heavy atom. The van der Waals surface area contributed by atoms with Crippen LogP contribution < -0.4 is 84.5 Å². The van der Waals surface area contributed by atoms with Gasteiger partial charge >= 0.3 is 105 Å². The van der Waals surface area contributed by atoms with Gasteiger partial charge in [0, 0.05) is 38.6 Å². The van der Waals surface area contributed by atoms with Gasteiger partial charge in [-0.25, -0.2) is 43.2 Å². The minimum absolute atomic E-state index is 0. The maximum atomic E-state index is 12.7. The Morgan fingerprint density at radius 2 is 0.607 bits per heavy atom. The maximum absolute atomic E-state index is 12.7. The molecule has 0 aliphatic rings. The molecule has 0 fully saturated rings. The molecule has 7 aromatic carbocycles. The Bertz CT molecular complexity index is 3960. The van der Waals surface area contributed by atoms with Gasteiger partial charge in [0.05, 0.1) is 86.2 Å². The van der Waals surface area contributed by atoms with Crippen LogP contribution in [0.4, 0.5) is 0 Å². The van der Waals surface area contributed by atoms with E-state index in [4.69, 9.17) is 87.5 Å². The summed E-state index contributed by atoms with van der Waals surface area (Å²) in [5, 5.41) is 50.6. The fraction of sp³-hybridized carbons (Fsp3) is 0.352. The number of benzene rings is 7. The van der Waals surface area contributed by atoms with Crippen molar-refractivity contribution in [3.8, 4) is 46.0 Å². The van der Waals surface area contributed by atoms with Crippen LogP contribution in [0, 0.1) is 6.92 Å². The van der Waals surface area contributed by atoms with Crippen molar-refractivity contribution in [1.82, 2.24) is 0 Å². The van der Waals surface area contributed by atoms with E-state index in [2.05, 4.69) is 19.7 Å². The average Bonchev–Trinajstić information content (AvgIpc) is 0.840. The molecule has 0 heterocycles. The molecule has 117 heavy (non-hydrogen) atoms. The quantitative estimate of drug-likeness (QED) is 0.00392. The normalized spacial score (nSPS) is 9.77. The van der Waals surface area contributed by atoms with Gasteiger partial charge < -0.3 is 93.0 Å². The number of carbonyl (C=O) groups is 9. The molecule has 0 saturated carbocycles. The molecule has 28 nitrogen and oxygen atoms in total. The minimum atomic E-state index is -0.946. The number of aromatic hydroxyl groups is 1. The second-order valence-electron chi connectivity index (χ2n) is 24.1. The Labute approximate surface area is 726 Å². The molecule has 0 amide bonds. The van der Waals surface area contributed by atoms with Gasteiger partial charge in [0.15, 0.2) is 0 Å². The van der Waals surface area contributed by atoms with Crippen LogP contribution in [-0.2, 0) is 38.1 Å². The summed E-state index contributed by atoms with van der Waals surface area (Å²) in [5.41, 5.74) is 2.74. The van der Waals surface area contributed by atoms with E-state index < -0.39 is 35.8 Å². The monoisotopic (exact) mass is 1650 g/mol. The third kappa shape index (κ3) is 49.7. The Kier molecular flexibility index (Phi) is 61.3. The Hall–Kier alpha value is -10.7. The van der Waals surface area contributed by atoms with Gasteiger partial charge in [0.2, 0.25) is 6.79 Å². The number of esters is 7. The molecule has 7 N–H and O–H groups in total. The number of aliphatic hydroxyl groups excluding tert-OH is 3. The van der Waals surface area contributed by atoms with Gasteiger partial charge in [0.1, 0.15) is 46.0 Å². The predicted octanol–water partition coefficient (Wildman–Crippen LogP) is 12.3. The number of carbonyl (C=O) groups excluding carboxylic acids is 7. The van der Waals surface area contributed by atoms with E-state index in [0.717, 1.165) is 134 Å². The second kappa shape index (κ2) is 67.4. The second-order valence-corrected chi connectivity index (χ2v) is 24.1. The van der Waals surface area contributed by atoms with Crippen molar-refractivity contribution in [2.45, 2.75) is 124 Å². The van der Waals surface area contributed by atoms with Gasteiger partial charge in [-0.3, -0.25) is 0 Å². The number of ether oxygens (including phenoxy) is 12. The van der Waals surface area contributed by atoms with Crippen LogP contribution in [0.5, 0.6) is 46.0 Å². The number of aryl methyl sites for hydroxylation is 1. The number of aromatic carboxylic acids is 2. The third-order valence-electron chi connectivity index (χ3n) is 15.4. The molecule has 0 atom stereocenters. The van der Waals surface area contributed by atoms with Gasteiger partial charge in [-0.05, 0) is 280 Å². The van der Waals surface area contributed by atoms with Crippen LogP contribution in [0.15, 0.2) is 202 Å². The van der Waals surface area contributed by atoms with Gasteiger partial charge in [-0.15, -0.1) is 0 Å². The van der Waals surface area contributed by atoms with Crippen molar-refractivity contribution >= 4 is 53.7 Å². The topological polar surface area (TPSA) is 416 Å². The van der Waals surface area contributed by atoms with Crippen molar-refractivity contribution in [3.05, 3.63) is 241 Å². The first kappa shape index (κ1) is 106. The largest absolute Gasteiger partial charge is 1.00 e. The summed E-state index contributed by atoms with van der Waals surface area (Å²) in [6, 6.07) is 43.1. The molecule has 0 radical (unpaired) electrons. The zero-order valence-electron chi connectivity index (χ0n) is 67.2. The molecule has 0 unspecified atom stereocenters. The maximum Gasteiger partial charge on any atom is 1.00 e. The van der Waals surface area contributed by atoms with E-state index in [-0.39, 0.29) is 123 Å². The molecular weight excluding hydrogens is 1540 g/mol. The zero-order chi connectivity index (χ0) is 84.6. The van der Waals surface area contributed by atoms with E-state index in [0.29, 0.717) is 104 Å². The summed E-state index contributed by atoms with van der Waals surface area (Å²) in [5.74, 6) is -1.17. The number of hydrogen-bond donors (Lipinski definition) is 6. The number of rotatable bonds is 46. The number of unbranched alkanes of at least 4 members (excludes halogenated alkanes) is 12. The summed E-state index contributed by atoms with van der Waals surface area (Å²) in [6.45, 7) is 19.4. The number of carboxylic acid groups (broad SMARTS) is 2. The number of carboxylic acids is 2. The molecule has 0 bridgehead atoms. The van der Waals surface area contributed by atoms with E-state index in [1.165, 1.54) is 66.7 Å². The standard InChI is InChI=1S/C34H34O10.C16H20O5.C15H22O4.C13H18O4.C9H10O3.CH4O.K.H2O/c1-4-31(35)40-21-9-7-6-8-20-39-27-14-10-26(11-15-27)34(38)44-30-19-18-29(22-24(30)3)43-33(37)25-12-16-28(17-13-25)41-23-42-32(36)5-2;1-2-15(17)21-12-6-4-3-5-11-20-14-9-7-13(8-10-14)16(18)19;1-2-18-15(17)13-7-9-14(10-8-13)19-12-6-4-3-5-11-16;14-9-3-1-2-4-10-17-12-7-5-11(6-8-12)13(15)16;1-2-12-9(11)7-3-5-8(10)6-4-7;1-2;;/h4-5,10-19,22H,1-2,6-9,20-21,23H2,3H3;2,7-10H,1,3-6,11-12H2,(H,18,19);7-10,16H,2-6,11-12H2,1H3;5-8,14H,1-4,9-10H2,(H,15,16);3-6,10H,2H2,1H3;2H,1H3;;1H2/q;;;;;;+1;/p-1. The van der Waals surface area contributed by atoms with Crippen molar-refractivity contribution in [2.75, 3.05) is 80.0 Å². The van der Waals surface area contributed by atoms with Gasteiger partial charge in [0.25, 0.3) is 0 Å². The number of aliphatic hydroxyl groups is 3. The molecule has 0 aliphatic carbocycles. The van der Waals surface area contributed by atoms with Crippen molar-refractivity contribution in [2.24, 2.45) is 0 Å². The summed E-state index contributed by atoms with van der Waals surface area (Å²) < 4.78 is 62.7. The molecule has 29 heteroatoms. The zero-order valence-corrected chi connectivity index (χ0v) is 70.4. The predicted molar refractivity (Wildman–Crippen MR) is 431 cm³/mol. The Balaban J connectivity index is 0.00000155. The van der Waals surface area contributed by atoms with Gasteiger partial charge in [-0.2, -0.15) is 0 Å². The number of hydrogen-bond acceptors (Lipinski definition) is 26. The molecule has 0 spiro atoms. The smallest absolute Gasteiger partial charge is 0.870 e. The first-order valence-electron chi connectivity index (χ1n) is 37.5. The average molecular weight is 1650 g/mol. The summed E-state index contributed by atoms with van der Waals surface area (Å²) in [7, 11) is 1.00. The molecule has 0 saturated heterocycles. The molecule has 630 valence electrons. The summed E-state index contributed by atoms with van der Waals surface area (Å²) in [6.07, 6.45) is 18.2. The first-order chi connectivity index (χ1) is 55.7. The molecule has 7 aromatic rings. The fourth-order valence-electron chi connectivity index (χ4n) is 9.29. The number of phenols is 1. The fourth-order valence-corrected chi connectivity index (χ4v) is 9.29. The number of phenolic OH excluding ortho intramolecular Hbond substituents is 1. The van der Waals surface area contributed by atoms with Crippen LogP contribution in [0.3, 0.4) is 0 Å².